The predicted molar refractivity (Wildman–Crippen MR) is 105 cm³/mol. The van der Waals surface area contributed by atoms with E-state index in [-0.39, 0.29) is 27.4 Å². The molecule has 3 atom stereocenters. The maximum Gasteiger partial charge on any atom is 0.244 e. The van der Waals surface area contributed by atoms with Gasteiger partial charge in [0.05, 0.1) is 11.5 Å². The molecule has 2 fully saturated rings. The number of benzene rings is 1. The van der Waals surface area contributed by atoms with E-state index in [0.29, 0.717) is 32.4 Å². The van der Waals surface area contributed by atoms with Gasteiger partial charge in [0.15, 0.2) is 0 Å². The van der Waals surface area contributed by atoms with Crippen LogP contribution in [0.5, 0.6) is 0 Å². The van der Waals surface area contributed by atoms with E-state index in [9.17, 15) is 18.0 Å². The van der Waals surface area contributed by atoms with E-state index in [2.05, 4.69) is 0 Å². The van der Waals surface area contributed by atoms with E-state index in [0.717, 1.165) is 6.29 Å². The van der Waals surface area contributed by atoms with Gasteiger partial charge in [-0.05, 0) is 37.5 Å². The van der Waals surface area contributed by atoms with Crippen molar-refractivity contribution >= 4 is 45.4 Å². The van der Waals surface area contributed by atoms with Crippen LogP contribution in [0.4, 0.5) is 0 Å². The van der Waals surface area contributed by atoms with Crippen LogP contribution in [0.1, 0.15) is 19.3 Å². The summed E-state index contributed by atoms with van der Waals surface area (Å²) in [6.45, 7) is 0.792. The number of nitrogens with zero attached hydrogens (tertiary/aromatic N) is 2. The summed E-state index contributed by atoms with van der Waals surface area (Å²) >= 11 is 12.0. The number of fused-ring (bicyclic) bond motifs is 2. The van der Waals surface area contributed by atoms with E-state index in [1.54, 1.807) is 0 Å². The van der Waals surface area contributed by atoms with Gasteiger partial charge in [0.1, 0.15) is 12.3 Å². The van der Waals surface area contributed by atoms with Crippen LogP contribution in [0, 0.1) is 5.92 Å². The van der Waals surface area contributed by atoms with Gasteiger partial charge in [0, 0.05) is 42.2 Å². The number of hydrogen-bond donors (Lipinski definition) is 0. The Bertz CT molecular complexity index is 843. The lowest BCUT2D eigenvalue weighted by Crippen LogP contribution is -2.55. The third kappa shape index (κ3) is 4.07. The van der Waals surface area contributed by atoms with Crippen molar-refractivity contribution in [1.29, 1.82) is 0 Å². The van der Waals surface area contributed by atoms with Crippen molar-refractivity contribution in [3.8, 4) is 0 Å². The van der Waals surface area contributed by atoms with Crippen LogP contribution in [0.2, 0.25) is 10.0 Å². The molecule has 28 heavy (non-hydrogen) atoms. The molecule has 0 spiro atoms. The van der Waals surface area contributed by atoms with Gasteiger partial charge in [-0.3, -0.25) is 4.79 Å². The van der Waals surface area contributed by atoms with Gasteiger partial charge in [-0.1, -0.05) is 23.2 Å². The summed E-state index contributed by atoms with van der Waals surface area (Å²) in [4.78, 5) is 26.4. The monoisotopic (exact) mass is 448 g/mol. The lowest BCUT2D eigenvalue weighted by atomic mass is 9.91. The average molecular weight is 449 g/mol. The van der Waals surface area contributed by atoms with Gasteiger partial charge in [0.2, 0.25) is 15.9 Å². The third-order valence-electron chi connectivity index (χ3n) is 5.29. The van der Waals surface area contributed by atoms with Gasteiger partial charge < -0.3 is 14.4 Å². The van der Waals surface area contributed by atoms with Gasteiger partial charge >= 0.3 is 0 Å². The van der Waals surface area contributed by atoms with E-state index >= 15 is 0 Å². The zero-order valence-corrected chi connectivity index (χ0v) is 17.7. The smallest absolute Gasteiger partial charge is 0.244 e. The molecule has 0 N–H and O–H groups in total. The summed E-state index contributed by atoms with van der Waals surface area (Å²) in [6, 6.07) is 2.62. The number of ether oxygens (including phenoxy) is 1. The van der Waals surface area contributed by atoms with Crippen molar-refractivity contribution in [1.82, 2.24) is 9.21 Å². The summed E-state index contributed by atoms with van der Waals surface area (Å²) < 4.78 is 33.2. The molecule has 0 radical (unpaired) electrons. The van der Waals surface area contributed by atoms with Crippen LogP contribution in [0.15, 0.2) is 23.1 Å². The largest absolute Gasteiger partial charge is 0.383 e. The molecule has 10 heteroatoms. The number of carbonyl (C=O) groups is 2. The molecule has 2 bridgehead atoms. The number of aldehydes is 1. The Kier molecular flexibility index (Phi) is 6.66. The second-order valence-electron chi connectivity index (χ2n) is 7.03. The van der Waals surface area contributed by atoms with Gasteiger partial charge in [-0.15, -0.1) is 0 Å². The number of rotatable bonds is 6. The number of sulfonamides is 1. The molecule has 2 aliphatic heterocycles. The highest BCUT2D eigenvalue weighted by Crippen LogP contribution is 2.37. The quantitative estimate of drug-likeness (QED) is 0.622. The van der Waals surface area contributed by atoms with Gasteiger partial charge in [-0.2, -0.15) is 4.31 Å². The second kappa shape index (κ2) is 8.67. The molecule has 1 amide bonds. The lowest BCUT2D eigenvalue weighted by molar-refractivity contribution is -0.135. The fourth-order valence-electron chi connectivity index (χ4n) is 4.00. The molecule has 154 valence electrons. The Morgan fingerprint density at radius 1 is 1.21 bits per heavy atom. The van der Waals surface area contributed by atoms with Crippen molar-refractivity contribution in [2.24, 2.45) is 5.92 Å². The Labute approximate surface area is 174 Å². The number of amides is 1. The molecule has 1 aromatic rings. The molecule has 1 aromatic carbocycles. The van der Waals surface area contributed by atoms with Crippen molar-refractivity contribution < 1.29 is 22.7 Å². The summed E-state index contributed by atoms with van der Waals surface area (Å²) in [7, 11) is -2.56. The number of piperidine rings is 1. The Morgan fingerprint density at radius 3 is 2.50 bits per heavy atom. The van der Waals surface area contributed by atoms with Crippen LogP contribution >= 0.6 is 23.2 Å². The van der Waals surface area contributed by atoms with Gasteiger partial charge in [0.25, 0.3) is 0 Å². The second-order valence-corrected chi connectivity index (χ2v) is 9.75. The summed E-state index contributed by atoms with van der Waals surface area (Å²) in [5.41, 5.74) is 0. The molecule has 7 nitrogen and oxygen atoms in total. The minimum atomic E-state index is -4.08. The topological polar surface area (TPSA) is 84.0 Å². The first-order valence-corrected chi connectivity index (χ1v) is 11.2. The molecular formula is C18H22Cl2N2O5S. The zero-order chi connectivity index (χ0) is 20.5. The van der Waals surface area contributed by atoms with E-state index < -0.39 is 28.0 Å². The van der Waals surface area contributed by atoms with Crippen molar-refractivity contribution in [3.05, 3.63) is 28.2 Å². The predicted octanol–water partition coefficient (Wildman–Crippen LogP) is 2.21. The highest BCUT2D eigenvalue weighted by molar-refractivity contribution is 7.89. The standard InChI is InChI=1S/C18H22Cl2N2O5S/c1-27-6-5-21-10-12(11-23)16-3-2-4-17(18(21)24)22(16)28(25,26)15-8-13(19)7-14(20)9-15/h7-9,11-12,16-17H,2-6,10H2,1H3. The fourth-order valence-corrected chi connectivity index (χ4v) is 6.60. The first-order chi connectivity index (χ1) is 13.3. The van der Waals surface area contributed by atoms with Crippen LogP contribution in [-0.4, -0.2) is 68.7 Å². The lowest BCUT2D eigenvalue weighted by Gasteiger charge is -2.39. The van der Waals surface area contributed by atoms with Crippen molar-refractivity contribution in [2.75, 3.05) is 26.8 Å². The minimum Gasteiger partial charge on any atom is -0.383 e. The van der Waals surface area contributed by atoms with Crippen LogP contribution in [0.3, 0.4) is 0 Å². The van der Waals surface area contributed by atoms with E-state index in [4.69, 9.17) is 27.9 Å². The van der Waals surface area contributed by atoms with Crippen molar-refractivity contribution in [2.45, 2.75) is 36.2 Å². The molecule has 2 heterocycles. The molecule has 0 aliphatic carbocycles. The first kappa shape index (κ1) is 21.5. The maximum absolute atomic E-state index is 13.5. The third-order valence-corrected chi connectivity index (χ3v) is 7.63. The van der Waals surface area contributed by atoms with Crippen LogP contribution < -0.4 is 0 Å². The average Bonchev–Trinajstić information content (AvgIpc) is 2.72. The van der Waals surface area contributed by atoms with Crippen LogP contribution in [0.25, 0.3) is 0 Å². The Balaban J connectivity index is 2.07. The highest BCUT2D eigenvalue weighted by atomic mass is 35.5. The highest BCUT2D eigenvalue weighted by Gasteiger charge is 2.50. The molecule has 2 saturated heterocycles. The number of halogens is 2. The van der Waals surface area contributed by atoms with Crippen molar-refractivity contribution in [3.63, 3.8) is 0 Å². The molecule has 2 aliphatic rings. The summed E-state index contributed by atoms with van der Waals surface area (Å²) in [6.07, 6.45) is 2.33. The molecule has 0 saturated carbocycles. The van der Waals surface area contributed by atoms with Crippen LogP contribution in [-0.2, 0) is 24.3 Å². The van der Waals surface area contributed by atoms with E-state index in [1.807, 2.05) is 0 Å². The number of hydrogen-bond acceptors (Lipinski definition) is 5. The molecule has 3 rings (SSSR count). The molecular weight excluding hydrogens is 427 g/mol. The zero-order valence-electron chi connectivity index (χ0n) is 15.4. The van der Waals surface area contributed by atoms with Gasteiger partial charge in [-0.25, -0.2) is 8.42 Å². The fraction of sp³-hybridized carbons (Fsp3) is 0.556. The Hall–Kier alpha value is -1.19. The maximum atomic E-state index is 13.5. The first-order valence-electron chi connectivity index (χ1n) is 9.02. The summed E-state index contributed by atoms with van der Waals surface area (Å²) in [5, 5.41) is 0.372. The molecule has 3 unspecified atom stereocenters. The number of carbonyl (C=O) groups excluding carboxylic acids is 2. The normalized spacial score (nSPS) is 26.2. The Morgan fingerprint density at radius 2 is 1.89 bits per heavy atom. The number of methoxy groups -OCH3 is 1. The summed E-state index contributed by atoms with van der Waals surface area (Å²) in [5.74, 6) is -0.918. The SMILES string of the molecule is COCCN1CC(C=O)C2CCCC(C1=O)N2S(=O)(=O)c1cc(Cl)cc(Cl)c1. The molecule has 0 aromatic heterocycles. The van der Waals surface area contributed by atoms with E-state index in [1.165, 1.54) is 34.5 Å². The minimum absolute atomic E-state index is 0.0790.